The Kier molecular flexibility index (Phi) is 5.79. The molecule has 0 aliphatic heterocycles. The van der Waals surface area contributed by atoms with Gasteiger partial charge in [0.2, 0.25) is 0 Å². The second-order valence-corrected chi connectivity index (χ2v) is 8.05. The van der Waals surface area contributed by atoms with Crippen LogP contribution < -0.4 is 0 Å². The van der Waals surface area contributed by atoms with E-state index in [-0.39, 0.29) is 0 Å². The van der Waals surface area contributed by atoms with Crippen molar-refractivity contribution < 1.29 is 0 Å². The van der Waals surface area contributed by atoms with Gasteiger partial charge < -0.3 is 0 Å². The smallest absolute Gasteiger partial charge is 0.0708 e. The highest BCUT2D eigenvalue weighted by Gasteiger charge is 2.16. The van der Waals surface area contributed by atoms with Crippen molar-refractivity contribution in [2.75, 3.05) is 0 Å². The topological polar surface area (TPSA) is 12.9 Å². The lowest BCUT2D eigenvalue weighted by Gasteiger charge is -2.20. The fourth-order valence-electron chi connectivity index (χ4n) is 3.88. The third-order valence-electron chi connectivity index (χ3n) is 5.44. The highest BCUT2D eigenvalue weighted by Crippen LogP contribution is 2.37. The van der Waals surface area contributed by atoms with Crippen molar-refractivity contribution in [1.82, 2.24) is 4.98 Å². The van der Waals surface area contributed by atoms with Gasteiger partial charge >= 0.3 is 0 Å². The predicted octanol–water partition coefficient (Wildman–Crippen LogP) is 7.53. The standard InChI is InChI=1S/C26H31N/c1-7-20-11-12-21(15-19(20)6)25-16-22(13-14-27-25)26-23(17(2)3)9-8-10-24(26)18(4)5/h8-18H,7H2,1-6H3. The average molecular weight is 358 g/mol. The number of aromatic nitrogens is 1. The summed E-state index contributed by atoms with van der Waals surface area (Å²) in [6.07, 6.45) is 3.02. The van der Waals surface area contributed by atoms with Crippen LogP contribution in [0, 0.1) is 6.92 Å². The lowest BCUT2D eigenvalue weighted by Crippen LogP contribution is -2.00. The molecule has 1 heteroatoms. The summed E-state index contributed by atoms with van der Waals surface area (Å²) in [5, 5.41) is 0. The van der Waals surface area contributed by atoms with E-state index < -0.39 is 0 Å². The van der Waals surface area contributed by atoms with E-state index in [0.717, 1.165) is 12.1 Å². The SMILES string of the molecule is CCc1ccc(-c2cc(-c3c(C(C)C)cccc3C(C)C)ccn2)cc1C. The molecule has 0 bridgehead atoms. The number of nitrogens with zero attached hydrogens (tertiary/aromatic N) is 1. The van der Waals surface area contributed by atoms with Gasteiger partial charge in [-0.25, -0.2) is 0 Å². The molecule has 140 valence electrons. The summed E-state index contributed by atoms with van der Waals surface area (Å²) in [5.74, 6) is 0.975. The first kappa shape index (κ1) is 19.4. The number of rotatable bonds is 5. The Morgan fingerprint density at radius 3 is 2.04 bits per heavy atom. The van der Waals surface area contributed by atoms with Crippen LogP contribution in [-0.2, 0) is 6.42 Å². The van der Waals surface area contributed by atoms with Gasteiger partial charge in [-0.05, 0) is 76.8 Å². The van der Waals surface area contributed by atoms with Crippen LogP contribution >= 0.6 is 0 Å². The zero-order chi connectivity index (χ0) is 19.6. The van der Waals surface area contributed by atoms with E-state index in [4.69, 9.17) is 0 Å². The van der Waals surface area contributed by atoms with Crippen LogP contribution in [0.5, 0.6) is 0 Å². The third-order valence-corrected chi connectivity index (χ3v) is 5.44. The molecule has 3 aromatic rings. The van der Waals surface area contributed by atoms with Crippen LogP contribution in [0.4, 0.5) is 0 Å². The molecule has 0 unspecified atom stereocenters. The summed E-state index contributed by atoms with van der Waals surface area (Å²) in [4.78, 5) is 4.68. The van der Waals surface area contributed by atoms with Crippen molar-refractivity contribution >= 4 is 0 Å². The summed E-state index contributed by atoms with van der Waals surface area (Å²) in [5.41, 5.74) is 10.5. The highest BCUT2D eigenvalue weighted by atomic mass is 14.7. The molecule has 0 atom stereocenters. The van der Waals surface area contributed by atoms with Crippen molar-refractivity contribution in [2.45, 2.75) is 59.8 Å². The summed E-state index contributed by atoms with van der Waals surface area (Å²) in [6.45, 7) is 13.5. The Hall–Kier alpha value is -2.41. The number of hydrogen-bond donors (Lipinski definition) is 0. The molecule has 1 heterocycles. The molecule has 0 fully saturated rings. The molecule has 0 saturated carbocycles. The van der Waals surface area contributed by atoms with Crippen LogP contribution in [0.2, 0.25) is 0 Å². The Bertz CT molecular complexity index is 908. The van der Waals surface area contributed by atoms with E-state index in [0.29, 0.717) is 11.8 Å². The fraction of sp³-hybridized carbons (Fsp3) is 0.346. The van der Waals surface area contributed by atoms with Crippen molar-refractivity contribution in [3.8, 4) is 22.4 Å². The Morgan fingerprint density at radius 1 is 0.815 bits per heavy atom. The number of hydrogen-bond acceptors (Lipinski definition) is 1. The minimum Gasteiger partial charge on any atom is -0.256 e. The van der Waals surface area contributed by atoms with Crippen LogP contribution in [0.3, 0.4) is 0 Å². The molecule has 27 heavy (non-hydrogen) atoms. The van der Waals surface area contributed by atoms with E-state index in [9.17, 15) is 0 Å². The molecule has 2 aromatic carbocycles. The number of benzene rings is 2. The number of pyridine rings is 1. The van der Waals surface area contributed by atoms with Crippen LogP contribution in [0.1, 0.15) is 68.7 Å². The molecule has 0 spiro atoms. The minimum absolute atomic E-state index is 0.487. The van der Waals surface area contributed by atoms with Crippen LogP contribution in [0.15, 0.2) is 54.7 Å². The highest BCUT2D eigenvalue weighted by molar-refractivity contribution is 5.76. The quantitative estimate of drug-likeness (QED) is 0.460. The van der Waals surface area contributed by atoms with Crippen molar-refractivity contribution in [3.63, 3.8) is 0 Å². The lowest BCUT2D eigenvalue weighted by molar-refractivity contribution is 0.838. The maximum atomic E-state index is 4.68. The Labute approximate surface area is 164 Å². The molecule has 0 aliphatic carbocycles. The molecule has 0 aliphatic rings. The molecular formula is C26H31N. The van der Waals surface area contributed by atoms with Crippen molar-refractivity contribution in [1.29, 1.82) is 0 Å². The van der Waals surface area contributed by atoms with Crippen molar-refractivity contribution in [2.24, 2.45) is 0 Å². The predicted molar refractivity (Wildman–Crippen MR) is 117 cm³/mol. The first-order valence-electron chi connectivity index (χ1n) is 10.1. The van der Waals surface area contributed by atoms with E-state index in [1.54, 1.807) is 0 Å². The normalized spacial score (nSPS) is 11.4. The average Bonchev–Trinajstić information content (AvgIpc) is 2.67. The van der Waals surface area contributed by atoms with E-state index in [2.05, 4.69) is 95.1 Å². The largest absolute Gasteiger partial charge is 0.256 e. The van der Waals surface area contributed by atoms with Gasteiger partial charge in [-0.2, -0.15) is 0 Å². The van der Waals surface area contributed by atoms with E-state index in [1.165, 1.54) is 38.9 Å². The maximum Gasteiger partial charge on any atom is 0.0708 e. The van der Waals surface area contributed by atoms with Crippen LogP contribution in [0.25, 0.3) is 22.4 Å². The molecule has 0 radical (unpaired) electrons. The van der Waals surface area contributed by atoms with Gasteiger partial charge in [-0.15, -0.1) is 0 Å². The lowest BCUT2D eigenvalue weighted by atomic mass is 9.85. The number of aryl methyl sites for hydroxylation is 2. The Balaban J connectivity index is 2.16. The van der Waals surface area contributed by atoms with Gasteiger partial charge in [0.1, 0.15) is 0 Å². The molecular weight excluding hydrogens is 326 g/mol. The first-order valence-corrected chi connectivity index (χ1v) is 10.1. The molecule has 1 aromatic heterocycles. The van der Waals surface area contributed by atoms with Gasteiger partial charge in [-0.1, -0.05) is 65.0 Å². The molecule has 1 nitrogen and oxygen atoms in total. The van der Waals surface area contributed by atoms with E-state index in [1.807, 2.05) is 6.20 Å². The summed E-state index contributed by atoms with van der Waals surface area (Å²) in [6, 6.07) is 17.9. The first-order chi connectivity index (χ1) is 12.9. The molecule has 0 saturated heterocycles. The van der Waals surface area contributed by atoms with Gasteiger partial charge in [0.25, 0.3) is 0 Å². The second kappa shape index (κ2) is 8.08. The second-order valence-electron chi connectivity index (χ2n) is 8.05. The van der Waals surface area contributed by atoms with Gasteiger partial charge in [-0.3, -0.25) is 4.98 Å². The van der Waals surface area contributed by atoms with Gasteiger partial charge in [0, 0.05) is 11.8 Å². The molecule has 0 N–H and O–H groups in total. The molecule has 3 rings (SSSR count). The van der Waals surface area contributed by atoms with E-state index >= 15 is 0 Å². The minimum atomic E-state index is 0.487. The van der Waals surface area contributed by atoms with Crippen LogP contribution in [-0.4, -0.2) is 4.98 Å². The molecule has 0 amide bonds. The van der Waals surface area contributed by atoms with Gasteiger partial charge in [0.05, 0.1) is 5.69 Å². The Morgan fingerprint density at radius 2 is 1.48 bits per heavy atom. The fourth-order valence-corrected chi connectivity index (χ4v) is 3.88. The third kappa shape index (κ3) is 3.98. The summed E-state index contributed by atoms with van der Waals surface area (Å²) in [7, 11) is 0. The zero-order valence-corrected chi connectivity index (χ0v) is 17.5. The summed E-state index contributed by atoms with van der Waals surface area (Å²) >= 11 is 0. The maximum absolute atomic E-state index is 4.68. The van der Waals surface area contributed by atoms with Crippen molar-refractivity contribution in [3.05, 3.63) is 77.0 Å². The van der Waals surface area contributed by atoms with Gasteiger partial charge in [0.15, 0.2) is 0 Å². The monoisotopic (exact) mass is 357 g/mol. The summed E-state index contributed by atoms with van der Waals surface area (Å²) < 4.78 is 0. The zero-order valence-electron chi connectivity index (χ0n) is 17.5.